The minimum atomic E-state index is 0.490. The van der Waals surface area contributed by atoms with Gasteiger partial charge in [-0.3, -0.25) is 0 Å². The van der Waals surface area contributed by atoms with Gasteiger partial charge in [-0.2, -0.15) is 0 Å². The van der Waals surface area contributed by atoms with Gasteiger partial charge < -0.3 is 4.90 Å². The lowest BCUT2D eigenvalue weighted by Gasteiger charge is -2.03. The number of hydrogen-bond acceptors (Lipinski definition) is 1. The van der Waals surface area contributed by atoms with Gasteiger partial charge in [-0.25, -0.2) is 0 Å². The molecule has 0 aromatic heterocycles. The maximum Gasteiger partial charge on any atom is 0.0394 e. The Balaban J connectivity index is 2.22. The molecule has 0 spiro atoms. The van der Waals surface area contributed by atoms with E-state index in [0.717, 1.165) is 19.0 Å². The van der Waals surface area contributed by atoms with Crippen molar-refractivity contribution in [2.45, 2.75) is 13.3 Å². The zero-order chi connectivity index (χ0) is 5.98. The van der Waals surface area contributed by atoms with E-state index in [4.69, 9.17) is 1.37 Å². The molecule has 1 unspecified atom stereocenters. The largest absolute Gasteiger partial charge is 0.306 e. The Morgan fingerprint density at radius 2 is 2.71 bits per heavy atom. The highest BCUT2D eigenvalue weighted by molar-refractivity contribution is 4.67. The molecule has 1 atom stereocenters. The van der Waals surface area contributed by atoms with Gasteiger partial charge in [0.1, 0.15) is 0 Å². The van der Waals surface area contributed by atoms with Crippen molar-refractivity contribution in [3.05, 3.63) is 0 Å². The van der Waals surface area contributed by atoms with Crippen molar-refractivity contribution in [3.8, 4) is 0 Å². The van der Waals surface area contributed by atoms with Gasteiger partial charge in [-0.05, 0) is 25.9 Å². The van der Waals surface area contributed by atoms with Crippen LogP contribution in [0.4, 0.5) is 0 Å². The summed E-state index contributed by atoms with van der Waals surface area (Å²) in [6, 6.07) is 0. The molecule has 0 amide bonds. The highest BCUT2D eigenvalue weighted by atomic mass is 15.1. The summed E-state index contributed by atoms with van der Waals surface area (Å²) in [4.78, 5) is 2.17. The van der Waals surface area contributed by atoms with Gasteiger partial charge in [-0.1, -0.05) is 6.92 Å². The molecule has 0 bridgehead atoms. The van der Waals surface area contributed by atoms with Crippen LogP contribution in [0.3, 0.4) is 0 Å². The average Bonchev–Trinajstić information content (AvgIpc) is 2.14. The fourth-order valence-electron chi connectivity index (χ4n) is 1.03. The highest BCUT2D eigenvalue weighted by Gasteiger charge is 2.13. The summed E-state index contributed by atoms with van der Waals surface area (Å²) in [6.45, 7) is 4.53. The molecular weight excluding hydrogens is 86.1 g/mol. The maximum atomic E-state index is 7.02. The maximum absolute atomic E-state index is 7.02. The molecule has 1 aliphatic rings. The highest BCUT2D eigenvalue weighted by Crippen LogP contribution is 2.11. The van der Waals surface area contributed by atoms with E-state index >= 15 is 0 Å². The van der Waals surface area contributed by atoms with E-state index in [2.05, 4.69) is 11.8 Å². The molecule has 1 nitrogen and oxygen atoms in total. The summed E-state index contributed by atoms with van der Waals surface area (Å²) < 4.78 is 7.02. The minimum Gasteiger partial charge on any atom is -0.306 e. The van der Waals surface area contributed by atoms with Crippen LogP contribution in [0.15, 0.2) is 0 Å². The van der Waals surface area contributed by atoms with Crippen molar-refractivity contribution >= 4 is 0 Å². The van der Waals surface area contributed by atoms with E-state index in [-0.39, 0.29) is 0 Å². The first-order valence-corrected chi connectivity index (χ1v) is 2.84. The molecule has 1 saturated heterocycles. The Morgan fingerprint density at radius 1 is 1.86 bits per heavy atom. The minimum absolute atomic E-state index is 0.490. The third-order valence-electron chi connectivity index (χ3n) is 1.51. The van der Waals surface area contributed by atoms with Crippen LogP contribution in [0.1, 0.15) is 14.7 Å². The Labute approximate surface area is 46.7 Å². The van der Waals surface area contributed by atoms with Gasteiger partial charge in [-0.15, -0.1) is 0 Å². The monoisotopic (exact) mass is 101 g/mol. The quantitative estimate of drug-likeness (QED) is 0.439. The van der Waals surface area contributed by atoms with E-state index in [0.29, 0.717) is 7.02 Å². The van der Waals surface area contributed by atoms with E-state index in [1.165, 1.54) is 6.42 Å². The number of rotatable bonds is 0. The van der Waals surface area contributed by atoms with Crippen LogP contribution < -0.4 is 0 Å². The van der Waals surface area contributed by atoms with Crippen molar-refractivity contribution in [2.24, 2.45) is 5.92 Å². The summed E-state index contributed by atoms with van der Waals surface area (Å²) in [5, 5.41) is 0. The lowest BCUT2D eigenvalue weighted by Crippen LogP contribution is -2.12. The molecule has 0 aromatic carbocycles. The van der Waals surface area contributed by atoms with Gasteiger partial charge in [0.15, 0.2) is 0 Å². The molecule has 42 valence electrons. The second kappa shape index (κ2) is 1.83. The zero-order valence-corrected chi connectivity index (χ0v) is 4.85. The third-order valence-corrected chi connectivity index (χ3v) is 1.51. The van der Waals surface area contributed by atoms with Crippen molar-refractivity contribution < 1.29 is 1.37 Å². The van der Waals surface area contributed by atoms with Crippen molar-refractivity contribution in [1.29, 1.82) is 0 Å². The van der Waals surface area contributed by atoms with Crippen LogP contribution in [-0.2, 0) is 0 Å². The van der Waals surface area contributed by atoms with Crippen LogP contribution in [0.25, 0.3) is 0 Å². The van der Waals surface area contributed by atoms with E-state index in [9.17, 15) is 0 Å². The molecule has 0 aliphatic carbocycles. The topological polar surface area (TPSA) is 3.24 Å². The molecule has 0 saturated carbocycles. The Morgan fingerprint density at radius 3 is 3.00 bits per heavy atom. The van der Waals surface area contributed by atoms with Crippen LogP contribution in [0, 0.1) is 5.92 Å². The van der Waals surface area contributed by atoms with E-state index < -0.39 is 0 Å². The fraction of sp³-hybridized carbons (Fsp3) is 1.00. The van der Waals surface area contributed by atoms with E-state index in [1.54, 1.807) is 0 Å². The molecule has 1 fully saturated rings. The Kier molecular flexibility index (Phi) is 1.02. The standard InChI is InChI=1S/C6H13N/c1-6-3-4-7(2)5-6/h6H,3-5H2,1-2H3/i2T. The lowest BCUT2D eigenvalue weighted by molar-refractivity contribution is 0.402. The predicted molar refractivity (Wildman–Crippen MR) is 31.3 cm³/mol. The smallest absolute Gasteiger partial charge is 0.0394 e. The predicted octanol–water partition coefficient (Wildman–Crippen LogP) is 0.958. The van der Waals surface area contributed by atoms with Gasteiger partial charge in [0, 0.05) is 7.92 Å². The number of hydrogen-bond donors (Lipinski definition) is 0. The molecule has 0 radical (unpaired) electrons. The second-order valence-electron chi connectivity index (χ2n) is 2.47. The Hall–Kier alpha value is -0.0400. The van der Waals surface area contributed by atoms with Crippen molar-refractivity contribution in [1.82, 2.24) is 4.90 Å². The fourth-order valence-corrected chi connectivity index (χ4v) is 1.03. The molecule has 1 aliphatic heterocycles. The first-order chi connectivity index (χ1) is 3.83. The van der Waals surface area contributed by atoms with Gasteiger partial charge in [0.25, 0.3) is 0 Å². The third kappa shape index (κ3) is 1.16. The lowest BCUT2D eigenvalue weighted by atomic mass is 10.2. The molecule has 0 aromatic rings. The Bertz CT molecular complexity index is 74.9. The van der Waals surface area contributed by atoms with Gasteiger partial charge in [0.05, 0.1) is 0 Å². The van der Waals surface area contributed by atoms with Crippen LogP contribution in [-0.4, -0.2) is 25.0 Å². The molecular formula is C6H13N. The second-order valence-corrected chi connectivity index (χ2v) is 2.47. The summed E-state index contributed by atoms with van der Waals surface area (Å²) in [7, 11) is 0.490. The van der Waals surface area contributed by atoms with Crippen molar-refractivity contribution in [2.75, 3.05) is 20.1 Å². The molecule has 1 heteroatoms. The summed E-state index contributed by atoms with van der Waals surface area (Å²) in [5.74, 6) is 0.834. The van der Waals surface area contributed by atoms with Crippen LogP contribution >= 0.6 is 0 Å². The van der Waals surface area contributed by atoms with Crippen LogP contribution in [0.2, 0.25) is 0 Å². The number of likely N-dealkylation sites (tertiary alicyclic amines) is 1. The first-order valence-electron chi connectivity index (χ1n) is 3.55. The average molecular weight is 101 g/mol. The zero-order valence-electron chi connectivity index (χ0n) is 5.85. The summed E-state index contributed by atoms with van der Waals surface area (Å²) in [5.41, 5.74) is 0. The van der Waals surface area contributed by atoms with Crippen LogP contribution in [0.5, 0.6) is 0 Å². The van der Waals surface area contributed by atoms with Gasteiger partial charge >= 0.3 is 0 Å². The van der Waals surface area contributed by atoms with E-state index in [1.807, 2.05) is 0 Å². The first kappa shape index (κ1) is 3.90. The normalized spacial score (nSPS) is 36.1. The van der Waals surface area contributed by atoms with Crippen molar-refractivity contribution in [3.63, 3.8) is 0 Å². The molecule has 1 heterocycles. The SMILES string of the molecule is [3H]CN1CCC(C)C1. The molecule has 7 heavy (non-hydrogen) atoms. The summed E-state index contributed by atoms with van der Waals surface area (Å²) in [6.07, 6.45) is 1.29. The summed E-state index contributed by atoms with van der Waals surface area (Å²) >= 11 is 0. The number of nitrogens with zero attached hydrogens (tertiary/aromatic N) is 1. The molecule has 0 N–H and O–H groups in total. The molecule has 1 rings (SSSR count). The van der Waals surface area contributed by atoms with Gasteiger partial charge in [0.2, 0.25) is 0 Å².